The molecule has 0 aromatic heterocycles. The van der Waals surface area contributed by atoms with E-state index in [1.165, 1.54) is 0 Å². The highest BCUT2D eigenvalue weighted by Gasteiger charge is 2.63. The van der Waals surface area contributed by atoms with Gasteiger partial charge in [-0.3, -0.25) is 14.4 Å². The van der Waals surface area contributed by atoms with Gasteiger partial charge in [0.05, 0.1) is 18.6 Å². The standard InChI is InChI=1S/C31H42O8/c1-18(10-11-24(36-6)21-8-7-9-22(32)14-21)28-19(2)12-13-31(39-28)26(27(34)20(3)16-30(31,4)5)29(35)38-23-15-25(33)37-17-23/h7-9,12-14,18-20,23-24,26,28,32H,10-11,15-17H2,1-6H3. The van der Waals surface area contributed by atoms with Crippen LogP contribution in [-0.4, -0.2) is 54.4 Å². The van der Waals surface area contributed by atoms with Gasteiger partial charge < -0.3 is 24.1 Å². The van der Waals surface area contributed by atoms with Crippen LogP contribution in [0, 0.1) is 29.1 Å². The van der Waals surface area contributed by atoms with Crippen molar-refractivity contribution in [2.75, 3.05) is 13.7 Å². The van der Waals surface area contributed by atoms with Crippen LogP contribution in [0.25, 0.3) is 0 Å². The molecule has 4 rings (SSSR count). The fourth-order valence-electron chi connectivity index (χ4n) is 6.69. The van der Waals surface area contributed by atoms with Gasteiger partial charge in [-0.05, 0) is 48.3 Å². The molecule has 0 bridgehead atoms. The van der Waals surface area contributed by atoms with Crippen LogP contribution in [0.1, 0.15) is 72.0 Å². The van der Waals surface area contributed by atoms with E-state index in [2.05, 4.69) is 19.9 Å². The lowest BCUT2D eigenvalue weighted by molar-refractivity contribution is -0.217. The zero-order chi connectivity index (χ0) is 28.5. The van der Waals surface area contributed by atoms with E-state index in [0.29, 0.717) is 12.8 Å². The number of phenolic OH excluding ortho intramolecular Hbond substituents is 1. The number of phenols is 1. The maximum Gasteiger partial charge on any atom is 0.320 e. The monoisotopic (exact) mass is 542 g/mol. The van der Waals surface area contributed by atoms with Gasteiger partial charge in [-0.2, -0.15) is 0 Å². The summed E-state index contributed by atoms with van der Waals surface area (Å²) in [5.41, 5.74) is -0.796. The Balaban J connectivity index is 1.57. The number of hydrogen-bond acceptors (Lipinski definition) is 8. The maximum atomic E-state index is 13.6. The third-order valence-corrected chi connectivity index (χ3v) is 8.88. The summed E-state index contributed by atoms with van der Waals surface area (Å²) >= 11 is 0. The summed E-state index contributed by atoms with van der Waals surface area (Å²) in [5.74, 6) is -2.39. The van der Waals surface area contributed by atoms with Crippen molar-refractivity contribution >= 4 is 17.7 Å². The van der Waals surface area contributed by atoms with E-state index in [-0.39, 0.29) is 54.5 Å². The van der Waals surface area contributed by atoms with Gasteiger partial charge in [0.25, 0.3) is 0 Å². The molecule has 8 atom stereocenters. The average molecular weight is 543 g/mol. The van der Waals surface area contributed by atoms with Crippen molar-refractivity contribution in [3.8, 4) is 5.75 Å². The van der Waals surface area contributed by atoms with Crippen molar-refractivity contribution in [3.05, 3.63) is 42.0 Å². The van der Waals surface area contributed by atoms with Crippen molar-refractivity contribution in [3.63, 3.8) is 0 Å². The molecule has 1 saturated carbocycles. The molecule has 2 heterocycles. The lowest BCUT2D eigenvalue weighted by Crippen LogP contribution is -2.65. The third-order valence-electron chi connectivity index (χ3n) is 8.88. The SMILES string of the molecule is COC(CCC(C)C1OC2(C=CC1C)C(C(=O)OC1COC(=O)C1)C(=O)C(C)CC2(C)C)c1cccc(O)c1. The molecule has 0 amide bonds. The third kappa shape index (κ3) is 5.78. The fraction of sp³-hybridized carbons (Fsp3) is 0.645. The second kappa shape index (κ2) is 11.4. The highest BCUT2D eigenvalue weighted by atomic mass is 16.6. The van der Waals surface area contributed by atoms with E-state index < -0.39 is 35.0 Å². The molecule has 2 aliphatic heterocycles. The number of cyclic esters (lactones) is 1. The lowest BCUT2D eigenvalue weighted by atomic mass is 9.55. The van der Waals surface area contributed by atoms with Crippen LogP contribution >= 0.6 is 0 Å². The van der Waals surface area contributed by atoms with Crippen molar-refractivity contribution in [1.82, 2.24) is 0 Å². The Bertz CT molecular complexity index is 1110. The zero-order valence-electron chi connectivity index (χ0n) is 23.8. The van der Waals surface area contributed by atoms with Gasteiger partial charge in [0, 0.05) is 18.9 Å². The molecule has 8 nitrogen and oxygen atoms in total. The number of aromatic hydroxyl groups is 1. The minimum absolute atomic E-state index is 0.00464. The van der Waals surface area contributed by atoms with Crippen molar-refractivity contribution in [2.45, 2.75) is 84.2 Å². The number of Topliss-reactive ketones (excluding diaryl/α,β-unsaturated/α-hetero) is 1. The number of ether oxygens (including phenoxy) is 4. The Kier molecular flexibility index (Phi) is 8.57. The van der Waals surface area contributed by atoms with E-state index in [4.69, 9.17) is 18.9 Å². The quantitative estimate of drug-likeness (QED) is 0.280. The number of ketones is 1. The summed E-state index contributed by atoms with van der Waals surface area (Å²) in [6.07, 6.45) is 4.91. The van der Waals surface area contributed by atoms with Gasteiger partial charge in [0.1, 0.15) is 30.0 Å². The Morgan fingerprint density at radius 2 is 1.95 bits per heavy atom. The molecule has 1 aromatic rings. The molecule has 1 spiro atoms. The second-order valence-corrected chi connectivity index (χ2v) is 12.2. The first-order valence-electron chi connectivity index (χ1n) is 14.0. The van der Waals surface area contributed by atoms with Gasteiger partial charge in [0.2, 0.25) is 0 Å². The van der Waals surface area contributed by atoms with Gasteiger partial charge in [-0.15, -0.1) is 0 Å². The molecule has 1 saturated heterocycles. The van der Waals surface area contributed by atoms with Crippen LogP contribution < -0.4 is 0 Å². The van der Waals surface area contributed by atoms with Crippen molar-refractivity contribution in [2.24, 2.45) is 29.1 Å². The van der Waals surface area contributed by atoms with E-state index >= 15 is 0 Å². The van der Waals surface area contributed by atoms with Crippen molar-refractivity contribution in [1.29, 1.82) is 0 Å². The van der Waals surface area contributed by atoms with Crippen molar-refractivity contribution < 1.29 is 38.4 Å². The van der Waals surface area contributed by atoms with Crippen LogP contribution in [0.4, 0.5) is 0 Å². The van der Waals surface area contributed by atoms with Gasteiger partial charge in [0.15, 0.2) is 5.78 Å². The summed E-state index contributed by atoms with van der Waals surface area (Å²) in [6.45, 7) is 10.2. The summed E-state index contributed by atoms with van der Waals surface area (Å²) in [4.78, 5) is 38.8. The molecule has 8 heteroatoms. The number of methoxy groups -OCH3 is 1. The Labute approximate surface area is 231 Å². The van der Waals surface area contributed by atoms with E-state index in [0.717, 1.165) is 12.0 Å². The molecule has 3 aliphatic rings. The number of rotatable bonds is 8. The number of carbonyl (C=O) groups is 3. The fourth-order valence-corrected chi connectivity index (χ4v) is 6.69. The molecule has 8 unspecified atom stereocenters. The van der Waals surface area contributed by atoms with E-state index in [1.54, 1.807) is 25.3 Å². The minimum Gasteiger partial charge on any atom is -0.508 e. The summed E-state index contributed by atoms with van der Waals surface area (Å²) in [7, 11) is 1.66. The molecule has 2 fully saturated rings. The maximum absolute atomic E-state index is 13.6. The average Bonchev–Trinajstić information content (AvgIpc) is 3.28. The predicted octanol–water partition coefficient (Wildman–Crippen LogP) is 4.94. The van der Waals surface area contributed by atoms with E-state index in [1.807, 2.05) is 32.9 Å². The molecule has 39 heavy (non-hydrogen) atoms. The summed E-state index contributed by atoms with van der Waals surface area (Å²) in [6, 6.07) is 7.09. The molecule has 214 valence electrons. The highest BCUT2D eigenvalue weighted by Crippen LogP contribution is 2.54. The Morgan fingerprint density at radius 1 is 1.21 bits per heavy atom. The molecule has 0 radical (unpaired) electrons. The van der Waals surface area contributed by atoms with Crippen LogP contribution in [0.2, 0.25) is 0 Å². The second-order valence-electron chi connectivity index (χ2n) is 12.2. The summed E-state index contributed by atoms with van der Waals surface area (Å²) in [5, 5.41) is 9.90. The van der Waals surface area contributed by atoms with Crippen LogP contribution in [0.3, 0.4) is 0 Å². The number of hydrogen-bond donors (Lipinski definition) is 1. The number of benzene rings is 1. The Hall–Kier alpha value is -2.71. The first-order chi connectivity index (χ1) is 18.4. The van der Waals surface area contributed by atoms with Crippen LogP contribution in [0.5, 0.6) is 5.75 Å². The van der Waals surface area contributed by atoms with Crippen LogP contribution in [0.15, 0.2) is 36.4 Å². The number of esters is 2. The van der Waals surface area contributed by atoms with E-state index in [9.17, 15) is 19.5 Å². The van der Waals surface area contributed by atoms with Crippen LogP contribution in [-0.2, 0) is 33.3 Å². The van der Waals surface area contributed by atoms with Gasteiger partial charge in [-0.1, -0.05) is 58.9 Å². The first-order valence-corrected chi connectivity index (χ1v) is 14.0. The van der Waals surface area contributed by atoms with Gasteiger partial charge >= 0.3 is 11.9 Å². The molecular formula is C31H42O8. The normalized spacial score (nSPS) is 33.5. The topological polar surface area (TPSA) is 108 Å². The predicted molar refractivity (Wildman–Crippen MR) is 144 cm³/mol. The lowest BCUT2D eigenvalue weighted by Gasteiger charge is -2.56. The molecule has 1 N–H and O–H groups in total. The molecular weight excluding hydrogens is 500 g/mol. The minimum atomic E-state index is -1.17. The highest BCUT2D eigenvalue weighted by molar-refractivity contribution is 6.03. The molecule has 1 aliphatic carbocycles. The largest absolute Gasteiger partial charge is 0.508 e. The van der Waals surface area contributed by atoms with Gasteiger partial charge in [-0.25, -0.2) is 0 Å². The molecule has 1 aromatic carbocycles. The number of carbonyl (C=O) groups excluding carboxylic acids is 3. The summed E-state index contributed by atoms with van der Waals surface area (Å²) < 4.78 is 23.3. The zero-order valence-corrected chi connectivity index (χ0v) is 23.8. The first kappa shape index (κ1) is 29.3. The Morgan fingerprint density at radius 3 is 2.59 bits per heavy atom. The smallest absolute Gasteiger partial charge is 0.320 e.